The van der Waals surface area contributed by atoms with Crippen LogP contribution in [-0.4, -0.2) is 18.2 Å². The molecule has 0 radical (unpaired) electrons. The van der Waals surface area contributed by atoms with E-state index in [9.17, 15) is 0 Å². The molecule has 1 aliphatic rings. The SMILES string of the molecule is CCOC1(C(N)C(C)C)CCCC1. The summed E-state index contributed by atoms with van der Waals surface area (Å²) in [7, 11) is 0. The average molecular weight is 185 g/mol. The Hall–Kier alpha value is -0.0800. The molecule has 2 N–H and O–H groups in total. The first-order valence-corrected chi connectivity index (χ1v) is 5.52. The first-order valence-electron chi connectivity index (χ1n) is 5.52. The quantitative estimate of drug-likeness (QED) is 0.729. The lowest BCUT2D eigenvalue weighted by atomic mass is 9.85. The lowest BCUT2D eigenvalue weighted by Crippen LogP contribution is -2.51. The summed E-state index contributed by atoms with van der Waals surface area (Å²) in [6.07, 6.45) is 4.86. The van der Waals surface area contributed by atoms with E-state index in [1.54, 1.807) is 0 Å². The molecule has 78 valence electrons. The molecule has 0 aliphatic heterocycles. The largest absolute Gasteiger partial charge is 0.374 e. The van der Waals surface area contributed by atoms with Crippen molar-refractivity contribution in [1.29, 1.82) is 0 Å². The van der Waals surface area contributed by atoms with Gasteiger partial charge in [-0.25, -0.2) is 0 Å². The molecule has 1 aliphatic carbocycles. The van der Waals surface area contributed by atoms with E-state index in [0.717, 1.165) is 19.4 Å². The fraction of sp³-hybridized carbons (Fsp3) is 1.00. The van der Waals surface area contributed by atoms with E-state index in [0.29, 0.717) is 5.92 Å². The second kappa shape index (κ2) is 4.43. The Morgan fingerprint density at radius 2 is 1.85 bits per heavy atom. The van der Waals surface area contributed by atoms with E-state index in [1.165, 1.54) is 12.8 Å². The molecule has 1 atom stereocenters. The van der Waals surface area contributed by atoms with Gasteiger partial charge in [0.2, 0.25) is 0 Å². The fourth-order valence-electron chi connectivity index (χ4n) is 2.44. The third-order valence-electron chi connectivity index (χ3n) is 3.21. The minimum Gasteiger partial charge on any atom is -0.374 e. The molecule has 0 aromatic rings. The Bertz CT molecular complexity index is 150. The molecule has 1 fully saturated rings. The van der Waals surface area contributed by atoms with Gasteiger partial charge in [0, 0.05) is 12.6 Å². The summed E-state index contributed by atoms with van der Waals surface area (Å²) in [5.74, 6) is 0.518. The minimum atomic E-state index is 0.00289. The first-order chi connectivity index (χ1) is 6.12. The van der Waals surface area contributed by atoms with Gasteiger partial charge in [-0.2, -0.15) is 0 Å². The highest BCUT2D eigenvalue weighted by Crippen LogP contribution is 2.37. The van der Waals surface area contributed by atoms with Crippen LogP contribution >= 0.6 is 0 Å². The highest BCUT2D eigenvalue weighted by Gasteiger charge is 2.41. The summed E-state index contributed by atoms with van der Waals surface area (Å²) in [5, 5.41) is 0. The normalized spacial score (nSPS) is 23.8. The van der Waals surface area contributed by atoms with E-state index >= 15 is 0 Å². The topological polar surface area (TPSA) is 35.2 Å². The molecular formula is C11H23NO. The van der Waals surface area contributed by atoms with E-state index in [2.05, 4.69) is 20.8 Å². The molecule has 0 bridgehead atoms. The molecule has 0 heterocycles. The van der Waals surface area contributed by atoms with Crippen LogP contribution in [-0.2, 0) is 4.74 Å². The predicted molar refractivity (Wildman–Crippen MR) is 55.6 cm³/mol. The number of hydrogen-bond acceptors (Lipinski definition) is 2. The van der Waals surface area contributed by atoms with Crippen molar-refractivity contribution in [3.63, 3.8) is 0 Å². The molecule has 13 heavy (non-hydrogen) atoms. The van der Waals surface area contributed by atoms with Crippen LogP contribution in [0.3, 0.4) is 0 Å². The summed E-state index contributed by atoms with van der Waals surface area (Å²) in [6, 6.07) is 0.204. The van der Waals surface area contributed by atoms with E-state index < -0.39 is 0 Å². The van der Waals surface area contributed by atoms with Crippen LogP contribution in [0.1, 0.15) is 46.5 Å². The second-order valence-corrected chi connectivity index (χ2v) is 4.47. The van der Waals surface area contributed by atoms with Gasteiger partial charge in [0.25, 0.3) is 0 Å². The van der Waals surface area contributed by atoms with Crippen LogP contribution < -0.4 is 5.73 Å². The smallest absolute Gasteiger partial charge is 0.0834 e. The zero-order valence-corrected chi connectivity index (χ0v) is 9.18. The van der Waals surface area contributed by atoms with Gasteiger partial charge >= 0.3 is 0 Å². The third-order valence-corrected chi connectivity index (χ3v) is 3.21. The van der Waals surface area contributed by atoms with Crippen LogP contribution in [0, 0.1) is 5.92 Å². The van der Waals surface area contributed by atoms with Crippen molar-refractivity contribution >= 4 is 0 Å². The maximum atomic E-state index is 6.22. The van der Waals surface area contributed by atoms with Crippen molar-refractivity contribution in [3.8, 4) is 0 Å². The summed E-state index contributed by atoms with van der Waals surface area (Å²) in [5.41, 5.74) is 6.22. The summed E-state index contributed by atoms with van der Waals surface area (Å²) in [6.45, 7) is 7.22. The van der Waals surface area contributed by atoms with Gasteiger partial charge in [0.15, 0.2) is 0 Å². The number of ether oxygens (including phenoxy) is 1. The van der Waals surface area contributed by atoms with Crippen LogP contribution in [0.25, 0.3) is 0 Å². The fourth-order valence-corrected chi connectivity index (χ4v) is 2.44. The Morgan fingerprint density at radius 3 is 2.23 bits per heavy atom. The maximum absolute atomic E-state index is 6.22. The van der Waals surface area contributed by atoms with Crippen molar-refractivity contribution < 1.29 is 4.74 Å². The highest BCUT2D eigenvalue weighted by molar-refractivity contribution is 4.96. The van der Waals surface area contributed by atoms with Gasteiger partial charge in [0.1, 0.15) is 0 Å². The van der Waals surface area contributed by atoms with E-state index in [4.69, 9.17) is 10.5 Å². The van der Waals surface area contributed by atoms with Crippen molar-refractivity contribution in [2.45, 2.75) is 58.1 Å². The van der Waals surface area contributed by atoms with Gasteiger partial charge in [-0.3, -0.25) is 0 Å². The number of hydrogen-bond donors (Lipinski definition) is 1. The Morgan fingerprint density at radius 1 is 1.31 bits per heavy atom. The molecule has 1 unspecified atom stereocenters. The highest BCUT2D eigenvalue weighted by atomic mass is 16.5. The van der Waals surface area contributed by atoms with Crippen LogP contribution in [0.2, 0.25) is 0 Å². The van der Waals surface area contributed by atoms with Crippen LogP contribution in [0.5, 0.6) is 0 Å². The summed E-state index contributed by atoms with van der Waals surface area (Å²) >= 11 is 0. The molecule has 1 saturated carbocycles. The van der Waals surface area contributed by atoms with Crippen LogP contribution in [0.15, 0.2) is 0 Å². The predicted octanol–water partition coefficient (Wildman–Crippen LogP) is 2.32. The molecule has 0 spiro atoms. The molecule has 0 amide bonds. The van der Waals surface area contributed by atoms with Crippen LogP contribution in [0.4, 0.5) is 0 Å². The van der Waals surface area contributed by atoms with E-state index in [1.807, 2.05) is 0 Å². The molecular weight excluding hydrogens is 162 g/mol. The van der Waals surface area contributed by atoms with Crippen molar-refractivity contribution in [3.05, 3.63) is 0 Å². The van der Waals surface area contributed by atoms with Gasteiger partial charge in [-0.15, -0.1) is 0 Å². The minimum absolute atomic E-state index is 0.00289. The Balaban J connectivity index is 2.65. The lowest BCUT2D eigenvalue weighted by Gasteiger charge is -2.37. The Labute approximate surface area is 81.8 Å². The van der Waals surface area contributed by atoms with Gasteiger partial charge in [-0.05, 0) is 25.7 Å². The maximum Gasteiger partial charge on any atom is 0.0834 e. The molecule has 0 aromatic heterocycles. The molecule has 2 heteroatoms. The average Bonchev–Trinajstić information content (AvgIpc) is 2.53. The van der Waals surface area contributed by atoms with Gasteiger partial charge < -0.3 is 10.5 Å². The zero-order valence-electron chi connectivity index (χ0n) is 9.18. The Kier molecular flexibility index (Phi) is 3.74. The van der Waals surface area contributed by atoms with E-state index in [-0.39, 0.29) is 11.6 Å². The third kappa shape index (κ3) is 2.23. The molecule has 0 saturated heterocycles. The second-order valence-electron chi connectivity index (χ2n) is 4.47. The monoisotopic (exact) mass is 185 g/mol. The zero-order chi connectivity index (χ0) is 9.90. The van der Waals surface area contributed by atoms with Gasteiger partial charge in [-0.1, -0.05) is 26.7 Å². The first kappa shape index (κ1) is 11.0. The van der Waals surface area contributed by atoms with Crippen molar-refractivity contribution in [2.24, 2.45) is 11.7 Å². The standard InChI is InChI=1S/C11H23NO/c1-4-13-11(7-5-6-8-11)10(12)9(2)3/h9-10H,4-8,12H2,1-3H3. The number of rotatable bonds is 4. The lowest BCUT2D eigenvalue weighted by molar-refractivity contribution is -0.0621. The molecule has 1 rings (SSSR count). The molecule has 2 nitrogen and oxygen atoms in total. The summed E-state index contributed by atoms with van der Waals surface area (Å²) < 4.78 is 5.89. The number of nitrogens with two attached hydrogens (primary N) is 1. The molecule has 0 aromatic carbocycles. The van der Waals surface area contributed by atoms with Gasteiger partial charge in [0.05, 0.1) is 5.60 Å². The van der Waals surface area contributed by atoms with Crippen molar-refractivity contribution in [2.75, 3.05) is 6.61 Å². The van der Waals surface area contributed by atoms with Crippen molar-refractivity contribution in [1.82, 2.24) is 0 Å². The summed E-state index contributed by atoms with van der Waals surface area (Å²) in [4.78, 5) is 0.